The maximum atomic E-state index is 9.03. The molecule has 1 atom stereocenters. The van der Waals surface area contributed by atoms with E-state index in [-0.39, 0.29) is 0 Å². The Morgan fingerprint density at radius 3 is 3.00 bits per heavy atom. The van der Waals surface area contributed by atoms with E-state index in [1.54, 1.807) is 0 Å². The molecule has 0 radical (unpaired) electrons. The second kappa shape index (κ2) is 2.02. The molecular weight excluding hydrogens is 127 g/mol. The Morgan fingerprint density at radius 2 is 2.20 bits per heavy atom. The van der Waals surface area contributed by atoms with Gasteiger partial charge in [-0.1, -0.05) is 18.2 Å². The third-order valence-electron chi connectivity index (χ3n) is 1.63. The van der Waals surface area contributed by atoms with Gasteiger partial charge in [0.1, 0.15) is 5.75 Å². The van der Waals surface area contributed by atoms with Crippen molar-refractivity contribution in [3.63, 3.8) is 0 Å². The zero-order valence-corrected chi connectivity index (χ0v) is 5.45. The number of aliphatic hydroxyl groups is 1. The molecule has 1 N–H and O–H groups in total. The number of fused-ring (bicyclic) bond motifs is 1. The molecule has 1 aliphatic rings. The number of benzene rings is 1. The van der Waals surface area contributed by atoms with Gasteiger partial charge in [-0.25, -0.2) is 0 Å². The molecule has 0 aromatic heterocycles. The Morgan fingerprint density at radius 1 is 1.40 bits per heavy atom. The molecule has 3 heteroatoms. The van der Waals surface area contributed by atoms with E-state index in [4.69, 9.17) is 9.84 Å². The first-order valence-corrected chi connectivity index (χ1v) is 3.29. The van der Waals surface area contributed by atoms with E-state index < -0.39 is 6.19 Å². The molecule has 1 unspecified atom stereocenters. The van der Waals surface area contributed by atoms with Crippen LogP contribution in [0.4, 0.5) is 0 Å². The quantitative estimate of drug-likeness (QED) is 0.481. The second-order valence-corrected chi connectivity index (χ2v) is 2.38. The molecule has 0 spiro atoms. The van der Waals surface area contributed by atoms with Crippen molar-refractivity contribution in [2.45, 2.75) is 6.19 Å². The average molecular weight is 134 g/mol. The maximum absolute atomic E-state index is 9.03. The van der Waals surface area contributed by atoms with Crippen LogP contribution in [0.5, 0.6) is 5.75 Å². The SMILES string of the molecule is OC1Bc2ccccc2O1. The van der Waals surface area contributed by atoms with Crippen LogP contribution in [-0.4, -0.2) is 18.6 Å². The van der Waals surface area contributed by atoms with Crippen LogP contribution in [0.25, 0.3) is 0 Å². The fraction of sp³-hybridized carbons (Fsp3) is 0.143. The van der Waals surface area contributed by atoms with Crippen LogP contribution in [-0.2, 0) is 0 Å². The first kappa shape index (κ1) is 5.80. The zero-order valence-electron chi connectivity index (χ0n) is 5.45. The van der Waals surface area contributed by atoms with E-state index in [1.165, 1.54) is 0 Å². The van der Waals surface area contributed by atoms with Gasteiger partial charge in [-0.05, 0) is 11.5 Å². The van der Waals surface area contributed by atoms with Crippen molar-refractivity contribution >= 4 is 12.7 Å². The van der Waals surface area contributed by atoms with Crippen LogP contribution in [0.15, 0.2) is 24.3 Å². The first-order chi connectivity index (χ1) is 4.86. The van der Waals surface area contributed by atoms with E-state index in [0.29, 0.717) is 7.28 Å². The fourth-order valence-corrected chi connectivity index (χ4v) is 1.16. The lowest BCUT2D eigenvalue weighted by atomic mass is 9.71. The molecule has 1 aromatic rings. The monoisotopic (exact) mass is 134 g/mol. The maximum Gasteiger partial charge on any atom is 0.247 e. The number of hydrogen-bond acceptors (Lipinski definition) is 2. The molecule has 0 saturated carbocycles. The molecule has 2 rings (SSSR count). The van der Waals surface area contributed by atoms with Gasteiger partial charge in [0.15, 0.2) is 6.19 Å². The summed E-state index contributed by atoms with van der Waals surface area (Å²) >= 11 is 0. The normalized spacial score (nSPS) is 21.1. The summed E-state index contributed by atoms with van der Waals surface area (Å²) in [6.45, 7) is 0. The summed E-state index contributed by atoms with van der Waals surface area (Å²) in [6.07, 6.45) is -0.627. The Hall–Kier alpha value is -0.955. The topological polar surface area (TPSA) is 29.5 Å². The fourth-order valence-electron chi connectivity index (χ4n) is 1.16. The van der Waals surface area contributed by atoms with Gasteiger partial charge in [-0.15, -0.1) is 0 Å². The molecule has 0 amide bonds. The highest BCUT2D eigenvalue weighted by molar-refractivity contribution is 6.56. The molecule has 10 heavy (non-hydrogen) atoms. The van der Waals surface area contributed by atoms with E-state index in [9.17, 15) is 0 Å². The first-order valence-electron chi connectivity index (χ1n) is 3.29. The Labute approximate surface area is 59.7 Å². The van der Waals surface area contributed by atoms with Crippen molar-refractivity contribution in [3.8, 4) is 5.75 Å². The van der Waals surface area contributed by atoms with Gasteiger partial charge in [0.25, 0.3) is 0 Å². The number of rotatable bonds is 0. The molecule has 1 aromatic carbocycles. The van der Waals surface area contributed by atoms with Crippen LogP contribution in [0, 0.1) is 0 Å². The van der Waals surface area contributed by atoms with Crippen molar-refractivity contribution < 1.29 is 9.84 Å². The van der Waals surface area contributed by atoms with Crippen molar-refractivity contribution in [1.82, 2.24) is 0 Å². The third-order valence-corrected chi connectivity index (χ3v) is 1.63. The van der Waals surface area contributed by atoms with Gasteiger partial charge >= 0.3 is 0 Å². The summed E-state index contributed by atoms with van der Waals surface area (Å²) in [5, 5.41) is 9.03. The highest BCUT2D eigenvalue weighted by atomic mass is 16.6. The van der Waals surface area contributed by atoms with E-state index >= 15 is 0 Å². The molecule has 50 valence electrons. The molecular formula is C7H7BO2. The number of hydrogen-bond donors (Lipinski definition) is 1. The lowest BCUT2D eigenvalue weighted by molar-refractivity contribution is 0.0600. The van der Waals surface area contributed by atoms with Crippen molar-refractivity contribution in [2.24, 2.45) is 0 Å². The summed E-state index contributed by atoms with van der Waals surface area (Å²) in [6, 6.07) is 7.67. The van der Waals surface area contributed by atoms with Crippen LogP contribution in [0.1, 0.15) is 0 Å². The minimum Gasteiger partial charge on any atom is -0.474 e. The van der Waals surface area contributed by atoms with Crippen LogP contribution >= 0.6 is 0 Å². The summed E-state index contributed by atoms with van der Waals surface area (Å²) < 4.78 is 5.06. The predicted molar refractivity (Wildman–Crippen MR) is 39.9 cm³/mol. The number of ether oxygens (including phenoxy) is 1. The van der Waals surface area contributed by atoms with Crippen LogP contribution < -0.4 is 10.2 Å². The number of aliphatic hydroxyl groups excluding tert-OH is 1. The lowest BCUT2D eigenvalue weighted by Crippen LogP contribution is -2.21. The molecule has 0 bridgehead atoms. The van der Waals surface area contributed by atoms with Crippen LogP contribution in [0.2, 0.25) is 0 Å². The molecule has 1 heterocycles. The van der Waals surface area contributed by atoms with Crippen molar-refractivity contribution in [2.75, 3.05) is 0 Å². The van der Waals surface area contributed by atoms with Crippen molar-refractivity contribution in [3.05, 3.63) is 24.3 Å². The van der Waals surface area contributed by atoms with E-state index in [0.717, 1.165) is 11.2 Å². The van der Waals surface area contributed by atoms with Gasteiger partial charge in [0, 0.05) is 0 Å². The smallest absolute Gasteiger partial charge is 0.247 e. The summed E-state index contributed by atoms with van der Waals surface area (Å²) in [4.78, 5) is 0. The van der Waals surface area contributed by atoms with Crippen LogP contribution in [0.3, 0.4) is 0 Å². The van der Waals surface area contributed by atoms with Gasteiger partial charge in [-0.3, -0.25) is 0 Å². The van der Waals surface area contributed by atoms with Gasteiger partial charge in [0.05, 0.1) is 0 Å². The minimum absolute atomic E-state index is 0.621. The minimum atomic E-state index is -0.627. The van der Waals surface area contributed by atoms with Gasteiger partial charge < -0.3 is 9.84 Å². The van der Waals surface area contributed by atoms with E-state index in [1.807, 2.05) is 24.3 Å². The summed E-state index contributed by atoms with van der Waals surface area (Å²) in [7, 11) is 0.621. The zero-order chi connectivity index (χ0) is 6.97. The predicted octanol–water partition coefficient (Wildman–Crippen LogP) is -0.583. The van der Waals surface area contributed by atoms with Gasteiger partial charge in [0.2, 0.25) is 7.28 Å². The van der Waals surface area contributed by atoms with E-state index in [2.05, 4.69) is 0 Å². The summed E-state index contributed by atoms with van der Waals surface area (Å²) in [5.74, 6) is 0.815. The highest BCUT2D eigenvalue weighted by Crippen LogP contribution is 2.12. The molecule has 2 nitrogen and oxygen atoms in total. The molecule has 0 saturated heterocycles. The summed E-state index contributed by atoms with van der Waals surface area (Å²) in [5.41, 5.74) is 1.09. The average Bonchev–Trinajstić information content (AvgIpc) is 2.27. The molecule has 1 aliphatic heterocycles. The Kier molecular flexibility index (Phi) is 1.17. The standard InChI is InChI=1S/C7H7BO2/c9-7-8-5-3-1-2-4-6(5)10-7/h1-4,7-9H. The van der Waals surface area contributed by atoms with Crippen molar-refractivity contribution in [1.29, 1.82) is 0 Å². The Balaban J connectivity index is 2.42. The molecule has 0 fully saturated rings. The third kappa shape index (κ3) is 0.791. The molecule has 0 aliphatic carbocycles. The lowest BCUT2D eigenvalue weighted by Gasteiger charge is -2.00. The largest absolute Gasteiger partial charge is 0.474 e. The number of para-hydroxylation sites is 1. The second-order valence-electron chi connectivity index (χ2n) is 2.38. The Bertz CT molecular complexity index is 224. The highest BCUT2D eigenvalue weighted by Gasteiger charge is 2.20. The van der Waals surface area contributed by atoms with Gasteiger partial charge in [-0.2, -0.15) is 0 Å².